The summed E-state index contributed by atoms with van der Waals surface area (Å²) in [7, 11) is 0. The summed E-state index contributed by atoms with van der Waals surface area (Å²) < 4.78 is 15.7. The fourth-order valence-electron chi connectivity index (χ4n) is 1.73. The number of hydrogen-bond donors (Lipinski definition) is 0. The second kappa shape index (κ2) is 5.40. The third-order valence-corrected chi connectivity index (χ3v) is 3.01. The highest BCUT2D eigenvalue weighted by Gasteiger charge is 2.14. The van der Waals surface area contributed by atoms with Gasteiger partial charge >= 0.3 is 0 Å². The zero-order valence-electron chi connectivity index (χ0n) is 9.53. The molecule has 0 radical (unpaired) electrons. The number of alkyl halides is 1. The van der Waals surface area contributed by atoms with E-state index < -0.39 is 0 Å². The predicted octanol–water partition coefficient (Wildman–Crippen LogP) is 3.39. The van der Waals surface area contributed by atoms with Gasteiger partial charge in [0, 0.05) is 6.54 Å². The third kappa shape index (κ3) is 2.39. The van der Waals surface area contributed by atoms with Crippen molar-refractivity contribution in [3.63, 3.8) is 0 Å². The average Bonchev–Trinajstić information content (AvgIpc) is 2.73. The van der Waals surface area contributed by atoms with Gasteiger partial charge in [0.05, 0.1) is 10.9 Å². The summed E-state index contributed by atoms with van der Waals surface area (Å²) in [5.41, 5.74) is 0.501. The Morgan fingerprint density at radius 2 is 2.06 bits per heavy atom. The zero-order chi connectivity index (χ0) is 12.3. The van der Waals surface area contributed by atoms with Crippen molar-refractivity contribution in [2.75, 3.05) is 0 Å². The van der Waals surface area contributed by atoms with E-state index in [1.54, 1.807) is 18.2 Å². The van der Waals surface area contributed by atoms with E-state index in [0.717, 1.165) is 18.8 Å². The number of halogens is 2. The lowest BCUT2D eigenvalue weighted by Crippen LogP contribution is -2.04. The standard InChI is InChI=1S/C12H13BrFN3/c1-2-7-17-11(8-13)15-16-12(17)9-5-3-4-6-10(9)14/h3-6H,2,7-8H2,1H3. The lowest BCUT2D eigenvalue weighted by Gasteiger charge is -2.08. The first-order valence-corrected chi connectivity index (χ1v) is 6.63. The first-order valence-electron chi connectivity index (χ1n) is 5.50. The Bertz CT molecular complexity index is 510. The predicted molar refractivity (Wildman–Crippen MR) is 68.3 cm³/mol. The molecule has 0 spiro atoms. The van der Waals surface area contributed by atoms with Gasteiger partial charge in [0.25, 0.3) is 0 Å². The van der Waals surface area contributed by atoms with Crippen LogP contribution in [0.3, 0.4) is 0 Å². The molecular formula is C12H13BrFN3. The molecule has 2 rings (SSSR count). The van der Waals surface area contributed by atoms with Crippen LogP contribution in [-0.2, 0) is 11.9 Å². The molecule has 0 N–H and O–H groups in total. The highest BCUT2D eigenvalue weighted by Crippen LogP contribution is 2.22. The van der Waals surface area contributed by atoms with E-state index >= 15 is 0 Å². The van der Waals surface area contributed by atoms with E-state index in [1.165, 1.54) is 6.07 Å². The van der Waals surface area contributed by atoms with Gasteiger partial charge in [-0.3, -0.25) is 0 Å². The Kier molecular flexibility index (Phi) is 3.89. The minimum atomic E-state index is -0.265. The summed E-state index contributed by atoms with van der Waals surface area (Å²) in [6, 6.07) is 6.64. The number of aromatic nitrogens is 3. The smallest absolute Gasteiger partial charge is 0.166 e. The molecule has 1 aromatic carbocycles. The van der Waals surface area contributed by atoms with Crippen molar-refractivity contribution in [2.24, 2.45) is 0 Å². The molecule has 5 heteroatoms. The SMILES string of the molecule is CCCn1c(CBr)nnc1-c1ccccc1F. The van der Waals surface area contributed by atoms with Crippen molar-refractivity contribution < 1.29 is 4.39 Å². The van der Waals surface area contributed by atoms with Crippen LogP contribution in [0.25, 0.3) is 11.4 Å². The lowest BCUT2D eigenvalue weighted by atomic mass is 10.2. The largest absolute Gasteiger partial charge is 0.310 e. The molecule has 17 heavy (non-hydrogen) atoms. The molecule has 0 amide bonds. The fraction of sp³-hybridized carbons (Fsp3) is 0.333. The van der Waals surface area contributed by atoms with E-state index in [9.17, 15) is 4.39 Å². The second-order valence-electron chi connectivity index (χ2n) is 3.70. The molecule has 0 aliphatic heterocycles. The molecule has 3 nitrogen and oxygen atoms in total. The van der Waals surface area contributed by atoms with Crippen molar-refractivity contribution >= 4 is 15.9 Å². The molecule has 0 aliphatic carbocycles. The normalized spacial score (nSPS) is 10.8. The lowest BCUT2D eigenvalue weighted by molar-refractivity contribution is 0.621. The summed E-state index contributed by atoms with van der Waals surface area (Å²) in [5, 5.41) is 8.77. The molecular weight excluding hydrogens is 285 g/mol. The van der Waals surface area contributed by atoms with E-state index in [1.807, 2.05) is 4.57 Å². The van der Waals surface area contributed by atoms with E-state index in [2.05, 4.69) is 33.1 Å². The maximum Gasteiger partial charge on any atom is 0.166 e. The van der Waals surface area contributed by atoms with Crippen molar-refractivity contribution in [3.8, 4) is 11.4 Å². The molecule has 2 aromatic rings. The van der Waals surface area contributed by atoms with Gasteiger partial charge in [-0.2, -0.15) is 0 Å². The molecule has 0 fully saturated rings. The van der Waals surface area contributed by atoms with E-state index in [4.69, 9.17) is 0 Å². The minimum Gasteiger partial charge on any atom is -0.310 e. The van der Waals surface area contributed by atoms with Crippen LogP contribution in [0, 0.1) is 5.82 Å². The Morgan fingerprint density at radius 3 is 2.71 bits per heavy atom. The van der Waals surface area contributed by atoms with Crippen LogP contribution >= 0.6 is 15.9 Å². The first-order chi connectivity index (χ1) is 8.27. The quantitative estimate of drug-likeness (QED) is 0.810. The Morgan fingerprint density at radius 1 is 1.29 bits per heavy atom. The van der Waals surface area contributed by atoms with Gasteiger partial charge in [-0.15, -0.1) is 10.2 Å². The Labute approximate surface area is 108 Å². The van der Waals surface area contributed by atoms with Gasteiger partial charge in [-0.25, -0.2) is 4.39 Å². The zero-order valence-corrected chi connectivity index (χ0v) is 11.1. The average molecular weight is 298 g/mol. The van der Waals surface area contributed by atoms with Gasteiger partial charge in [-0.05, 0) is 18.6 Å². The van der Waals surface area contributed by atoms with Gasteiger partial charge in [0.15, 0.2) is 5.82 Å². The minimum absolute atomic E-state index is 0.265. The molecule has 0 saturated heterocycles. The molecule has 1 heterocycles. The number of hydrogen-bond acceptors (Lipinski definition) is 2. The summed E-state index contributed by atoms with van der Waals surface area (Å²) >= 11 is 3.37. The van der Waals surface area contributed by atoms with Crippen LogP contribution in [0.1, 0.15) is 19.2 Å². The molecule has 0 bridgehead atoms. The van der Waals surface area contributed by atoms with Crippen molar-refractivity contribution in [3.05, 3.63) is 35.9 Å². The van der Waals surface area contributed by atoms with E-state index in [-0.39, 0.29) is 5.82 Å². The number of benzene rings is 1. The fourth-order valence-corrected chi connectivity index (χ4v) is 2.15. The summed E-state index contributed by atoms with van der Waals surface area (Å²) in [6.45, 7) is 2.86. The van der Waals surface area contributed by atoms with Crippen LogP contribution in [-0.4, -0.2) is 14.8 Å². The first kappa shape index (κ1) is 12.2. The van der Waals surface area contributed by atoms with Gasteiger partial charge in [-0.1, -0.05) is 35.0 Å². The molecule has 90 valence electrons. The van der Waals surface area contributed by atoms with Crippen molar-refractivity contribution in [1.82, 2.24) is 14.8 Å². The van der Waals surface area contributed by atoms with Crippen LogP contribution in [0.2, 0.25) is 0 Å². The maximum absolute atomic E-state index is 13.7. The van der Waals surface area contributed by atoms with Gasteiger partial charge in [0.2, 0.25) is 0 Å². The molecule has 0 atom stereocenters. The molecule has 0 unspecified atom stereocenters. The highest BCUT2D eigenvalue weighted by atomic mass is 79.9. The third-order valence-electron chi connectivity index (χ3n) is 2.51. The van der Waals surface area contributed by atoms with Gasteiger partial charge in [0.1, 0.15) is 11.6 Å². The maximum atomic E-state index is 13.7. The monoisotopic (exact) mass is 297 g/mol. The topological polar surface area (TPSA) is 30.7 Å². The molecule has 1 aromatic heterocycles. The molecule has 0 saturated carbocycles. The van der Waals surface area contributed by atoms with E-state index in [0.29, 0.717) is 16.7 Å². The van der Waals surface area contributed by atoms with Crippen LogP contribution in [0.15, 0.2) is 24.3 Å². The number of nitrogens with zero attached hydrogens (tertiary/aromatic N) is 3. The number of rotatable bonds is 4. The Balaban J connectivity index is 2.52. The van der Waals surface area contributed by atoms with Crippen LogP contribution in [0.4, 0.5) is 4.39 Å². The summed E-state index contributed by atoms with van der Waals surface area (Å²) in [4.78, 5) is 0. The van der Waals surface area contributed by atoms with Crippen LogP contribution in [0.5, 0.6) is 0 Å². The highest BCUT2D eigenvalue weighted by molar-refractivity contribution is 9.08. The molecule has 0 aliphatic rings. The Hall–Kier alpha value is -1.23. The second-order valence-corrected chi connectivity index (χ2v) is 4.27. The van der Waals surface area contributed by atoms with Crippen molar-refractivity contribution in [2.45, 2.75) is 25.2 Å². The summed E-state index contributed by atoms with van der Waals surface area (Å²) in [5.74, 6) is 1.16. The van der Waals surface area contributed by atoms with Crippen molar-refractivity contribution in [1.29, 1.82) is 0 Å². The van der Waals surface area contributed by atoms with Crippen LogP contribution < -0.4 is 0 Å². The summed E-state index contributed by atoms with van der Waals surface area (Å²) in [6.07, 6.45) is 0.958. The van der Waals surface area contributed by atoms with Gasteiger partial charge < -0.3 is 4.57 Å².